The van der Waals surface area contributed by atoms with Gasteiger partial charge in [0.05, 0.1) is 82.5 Å². The van der Waals surface area contributed by atoms with Gasteiger partial charge in [0, 0.05) is 52.5 Å². The molecule has 0 radical (unpaired) electrons. The van der Waals surface area contributed by atoms with Crippen LogP contribution in [0.15, 0.2) is 150 Å². The monoisotopic (exact) mass is 1210 g/mol. The highest BCUT2D eigenvalue weighted by molar-refractivity contribution is 8.05. The smallest absolute Gasteiger partial charge is 0.183 e. The third kappa shape index (κ3) is 34.9. The van der Waals surface area contributed by atoms with Crippen LogP contribution < -0.4 is 0 Å². The summed E-state index contributed by atoms with van der Waals surface area (Å²) in [5.41, 5.74) is 3.06. The molecule has 0 aliphatic carbocycles. The van der Waals surface area contributed by atoms with Crippen molar-refractivity contribution in [2.45, 2.75) is 50.7 Å². The van der Waals surface area contributed by atoms with Gasteiger partial charge in [-0.05, 0) is 153 Å². The van der Waals surface area contributed by atoms with Gasteiger partial charge in [-0.25, -0.2) is 0 Å². The maximum absolute atomic E-state index is 11.1. The number of allylic oxidation sites excluding steroid dienone is 1. The average Bonchev–Trinajstić information content (AvgIpc) is 4.27. The van der Waals surface area contributed by atoms with Gasteiger partial charge >= 0.3 is 0 Å². The Hall–Kier alpha value is -7.18. The zero-order valence-corrected chi connectivity index (χ0v) is 50.5. The molecule has 0 atom stereocenters. The van der Waals surface area contributed by atoms with Gasteiger partial charge in [0.1, 0.15) is 21.7 Å². The Morgan fingerprint density at radius 2 is 1.19 bits per heavy atom. The molecule has 21 heteroatoms. The number of ketones is 1. The van der Waals surface area contributed by atoms with E-state index >= 15 is 0 Å². The highest BCUT2D eigenvalue weighted by Crippen LogP contribution is 2.21. The third-order valence-corrected chi connectivity index (χ3v) is 17.1. The lowest BCUT2D eigenvalue weighted by Crippen LogP contribution is -1.97. The van der Waals surface area contributed by atoms with Crippen LogP contribution in [0.1, 0.15) is 60.5 Å². The first-order chi connectivity index (χ1) is 37.5. The van der Waals surface area contributed by atoms with E-state index in [1.807, 2.05) is 171 Å². The van der Waals surface area contributed by atoms with Crippen LogP contribution in [0.2, 0.25) is 0 Å². The lowest BCUT2D eigenvalue weighted by Gasteiger charge is -1.88. The van der Waals surface area contributed by atoms with Crippen molar-refractivity contribution in [1.29, 1.82) is 47.4 Å². The van der Waals surface area contributed by atoms with Gasteiger partial charge in [0.25, 0.3) is 0 Å². The fourth-order valence-electron chi connectivity index (χ4n) is 4.62. The number of thioether (sulfide) groups is 2. The number of carbonyl (C=O) groups is 1. The highest BCUT2D eigenvalue weighted by atomic mass is 32.2. The van der Waals surface area contributed by atoms with E-state index in [4.69, 9.17) is 47.4 Å². The normalized spacial score (nSPS) is 8.70. The van der Waals surface area contributed by atoms with E-state index in [9.17, 15) is 4.79 Å². The van der Waals surface area contributed by atoms with Crippen molar-refractivity contribution in [2.75, 3.05) is 5.75 Å². The molecule has 0 saturated carbocycles. The molecule has 9 aromatic heterocycles. The van der Waals surface area contributed by atoms with E-state index in [0.717, 1.165) is 51.5 Å². The number of thiocyanates is 2. The molecule has 9 heterocycles. The van der Waals surface area contributed by atoms with Gasteiger partial charge in [0.2, 0.25) is 0 Å². The Morgan fingerprint density at radius 3 is 1.60 bits per heavy atom. The zero-order valence-electron chi connectivity index (χ0n) is 41.5. The van der Waals surface area contributed by atoms with E-state index in [-0.39, 0.29) is 11.5 Å². The molecule has 9 rings (SSSR count). The maximum Gasteiger partial charge on any atom is 0.183 e. The molecule has 0 amide bonds. The van der Waals surface area contributed by atoms with Gasteiger partial charge in [0.15, 0.2) is 5.78 Å². The third-order valence-electron chi connectivity index (χ3n) is 8.05. The van der Waals surface area contributed by atoms with Crippen LogP contribution in [0.3, 0.4) is 0 Å². The summed E-state index contributed by atoms with van der Waals surface area (Å²) in [6.45, 7) is 6.02. The summed E-state index contributed by atoms with van der Waals surface area (Å²) in [6, 6.07) is 43.3. The summed E-state index contributed by atoms with van der Waals surface area (Å²) >= 11 is 16.5. The number of hydrogen-bond acceptors (Lipinski definition) is 21. The van der Waals surface area contributed by atoms with Crippen LogP contribution in [-0.2, 0) is 25.7 Å². The van der Waals surface area contributed by atoms with Gasteiger partial charge in [-0.2, -0.15) is 58.7 Å². The second-order valence-electron chi connectivity index (χ2n) is 13.6. The van der Waals surface area contributed by atoms with E-state index in [1.54, 1.807) is 91.5 Å². The van der Waals surface area contributed by atoms with Gasteiger partial charge in [-0.1, -0.05) is 30.3 Å². The summed E-state index contributed by atoms with van der Waals surface area (Å²) < 4.78 is 1.06. The predicted octanol–water partition coefficient (Wildman–Crippen LogP) is 18.2. The number of thiophene rings is 9. The summed E-state index contributed by atoms with van der Waals surface area (Å²) in [5.74, 6) is 0.295. The van der Waals surface area contributed by atoms with Crippen LogP contribution in [0.25, 0.3) is 6.08 Å². The van der Waals surface area contributed by atoms with E-state index < -0.39 is 0 Å². The Bertz CT molecular complexity index is 3100. The number of rotatable bonds is 9. The Labute approximate surface area is 495 Å². The minimum absolute atomic E-state index is 0.0338. The fraction of sp³-hybridized carbons (Fsp3) is 0.143. The molecular weight excluding hydrogens is 1170 g/mol. The molecule has 0 spiro atoms. The fourth-order valence-corrected chi connectivity index (χ4v) is 11.5. The summed E-state index contributed by atoms with van der Waals surface area (Å²) in [4.78, 5) is 19.7. The molecule has 0 aliphatic rings. The lowest BCUT2D eigenvalue weighted by atomic mass is 10.2. The molecule has 386 valence electrons. The van der Waals surface area contributed by atoms with Gasteiger partial charge in [-0.15, -0.1) is 90.7 Å². The standard InChI is InChI=1S/C7H5NOS2.C7H7NS.C7H5NS.5C6H5NS.C5H3NS2/c8-5-10-4-6(9)7-2-1-3-11-7;1-6-7(2-4-8)3-5-9-6;8-5-1-3-7-4-2-6-9-7;1-5-2-6(3-7)4-8-5;1-5-2-3-6(4-7)8-5;7-3-1-6-2-4-8-5-6;2*7-4-3-6-2-1-5-8-6;6-4-8-5-2-1-3-7-5/h1-3H,4H2;3,5H,2H2,1H3;1-4,6H;2,4H,1H3;2-3H,1H3;2,4-5H,1H2;2*1-2,5H,3H2;1-3H/b;;3-1+;;;;;;. The van der Waals surface area contributed by atoms with Crippen molar-refractivity contribution in [3.05, 3.63) is 201 Å². The molecule has 0 N–H and O–H groups in total. The topological polar surface area (TPSA) is 231 Å². The Morgan fingerprint density at radius 1 is 0.558 bits per heavy atom. The molecule has 0 unspecified atom stereocenters. The zero-order chi connectivity index (χ0) is 56.6. The largest absolute Gasteiger partial charge is 0.292 e. The van der Waals surface area contributed by atoms with Gasteiger partial charge in [-0.3, -0.25) is 4.79 Å². The molecule has 0 aromatic carbocycles. The molecule has 0 fully saturated rings. The van der Waals surface area contributed by atoms with E-state index in [2.05, 4.69) is 36.4 Å². The molecule has 9 aromatic rings. The average molecular weight is 1210 g/mol. The van der Waals surface area contributed by atoms with Crippen LogP contribution in [0, 0.1) is 121 Å². The second kappa shape index (κ2) is 46.1. The van der Waals surface area contributed by atoms with Crippen LogP contribution in [-0.4, -0.2) is 11.5 Å². The Balaban J connectivity index is 0.000000434. The SMILES string of the molecule is Cc1cc(C#N)cs1.Cc1ccc(C#N)s1.Cc1sccc1CC#N.N#C/C=C/c1cccs1.N#CCc1cccs1.N#CCc1cccs1.N#CCc1ccsc1.N#CSCC(=O)c1cccs1.N#CSc1cccs1. The lowest BCUT2D eigenvalue weighted by molar-refractivity contribution is 0.102. The highest BCUT2D eigenvalue weighted by Gasteiger charge is 2.05. The summed E-state index contributed by atoms with van der Waals surface area (Å²) in [5, 5.41) is 95.4. The van der Waals surface area contributed by atoms with Gasteiger partial charge < -0.3 is 0 Å². The number of nitrogens with zero attached hydrogens (tertiary/aromatic N) is 9. The number of Topliss-reactive ketones (excluding diaryl/α,β-unsaturated/α-hetero) is 1. The maximum atomic E-state index is 11.1. The Kier molecular flexibility index (Phi) is 40.7. The molecule has 77 heavy (non-hydrogen) atoms. The number of nitriles is 9. The van der Waals surface area contributed by atoms with Crippen LogP contribution >= 0.6 is 126 Å². The van der Waals surface area contributed by atoms with Crippen molar-refractivity contribution < 1.29 is 4.79 Å². The van der Waals surface area contributed by atoms with Crippen molar-refractivity contribution in [3.8, 4) is 53.3 Å². The first-order valence-corrected chi connectivity index (χ1v) is 31.5. The number of aryl methyl sites for hydroxylation is 3. The molecule has 0 aliphatic heterocycles. The number of hydrogen-bond donors (Lipinski definition) is 0. The van der Waals surface area contributed by atoms with E-state index in [1.165, 1.54) is 60.7 Å². The summed E-state index contributed by atoms with van der Waals surface area (Å²) in [7, 11) is 0. The van der Waals surface area contributed by atoms with Crippen LogP contribution in [0.5, 0.6) is 0 Å². The molecule has 0 bridgehead atoms. The molecule has 0 saturated heterocycles. The number of carbonyl (C=O) groups excluding carboxylic acids is 1. The minimum atomic E-state index is 0.0338. The predicted molar refractivity (Wildman–Crippen MR) is 328 cm³/mol. The van der Waals surface area contributed by atoms with Crippen molar-refractivity contribution in [2.24, 2.45) is 0 Å². The summed E-state index contributed by atoms with van der Waals surface area (Å²) in [6.07, 6.45) is 5.48. The van der Waals surface area contributed by atoms with Crippen molar-refractivity contribution in [1.82, 2.24) is 0 Å². The van der Waals surface area contributed by atoms with Crippen molar-refractivity contribution >= 4 is 137 Å². The minimum Gasteiger partial charge on any atom is -0.292 e. The second-order valence-corrected chi connectivity index (χ2v) is 24.7. The first-order valence-electron chi connectivity index (χ1n) is 21.8. The quantitative estimate of drug-likeness (QED) is 0.0568. The van der Waals surface area contributed by atoms with Crippen LogP contribution in [0.4, 0.5) is 0 Å². The molecule has 10 nitrogen and oxygen atoms in total. The van der Waals surface area contributed by atoms with Crippen molar-refractivity contribution in [3.63, 3.8) is 0 Å². The molecular formula is C56H45N9OS11. The first kappa shape index (κ1) is 67.8. The van der Waals surface area contributed by atoms with E-state index in [0.29, 0.717) is 25.7 Å².